The molecule has 8 heteroatoms. The molecular weight excluding hydrogens is 369 g/mol. The summed E-state index contributed by atoms with van der Waals surface area (Å²) in [5.41, 5.74) is 0.816. The molecule has 0 aliphatic carbocycles. The van der Waals surface area contributed by atoms with Crippen LogP contribution in [-0.4, -0.2) is 35.5 Å². The Hall–Kier alpha value is -1.85. The summed E-state index contributed by atoms with van der Waals surface area (Å²) in [7, 11) is -3.87. The molecule has 0 aliphatic heterocycles. The highest BCUT2D eigenvalue weighted by atomic mass is 31.2. The number of rotatable bonds is 10. The topological polar surface area (TPSA) is 102 Å². The summed E-state index contributed by atoms with van der Waals surface area (Å²) in [6.07, 6.45) is -0.441. The van der Waals surface area contributed by atoms with E-state index in [-0.39, 0.29) is 25.3 Å². The van der Waals surface area contributed by atoms with E-state index in [9.17, 15) is 19.0 Å². The molecule has 0 heterocycles. The Morgan fingerprint density at radius 3 is 2.33 bits per heavy atom. The highest BCUT2D eigenvalue weighted by Gasteiger charge is 2.39. The molecule has 2 N–H and O–H groups in total. The minimum atomic E-state index is -3.87. The van der Waals surface area contributed by atoms with Gasteiger partial charge in [-0.1, -0.05) is 57.5 Å². The van der Waals surface area contributed by atoms with Crippen molar-refractivity contribution in [3.63, 3.8) is 0 Å². The fourth-order valence-corrected chi connectivity index (χ4v) is 5.09. The van der Waals surface area contributed by atoms with Crippen LogP contribution in [0.4, 0.5) is 4.79 Å². The molecule has 0 radical (unpaired) electrons. The second-order valence-electron chi connectivity index (χ2n) is 6.63. The van der Waals surface area contributed by atoms with Crippen molar-refractivity contribution >= 4 is 19.4 Å². The number of carbonyl (C=O) groups is 2. The van der Waals surface area contributed by atoms with Gasteiger partial charge in [0.05, 0.1) is 12.5 Å². The predicted octanol–water partition coefficient (Wildman–Crippen LogP) is 3.75. The first-order valence-corrected chi connectivity index (χ1v) is 11.1. The standard InChI is InChI=1S/C19H30NO6P/c1-5-14(3)17(27(23,24)13-15(4)18(21)25-6-2)20-19(22)26-12-16-10-8-7-9-11-16/h7-11,14-15,17H,5-6,12-13H2,1-4H3,(H,20,22)(H,23,24). The van der Waals surface area contributed by atoms with E-state index in [1.807, 2.05) is 37.3 Å². The van der Waals surface area contributed by atoms with Crippen LogP contribution in [0, 0.1) is 11.8 Å². The minimum absolute atomic E-state index is 0.0643. The molecule has 4 atom stereocenters. The zero-order valence-electron chi connectivity index (χ0n) is 16.4. The van der Waals surface area contributed by atoms with Gasteiger partial charge in [-0.3, -0.25) is 9.36 Å². The Morgan fingerprint density at radius 2 is 1.78 bits per heavy atom. The maximum absolute atomic E-state index is 12.9. The third-order valence-electron chi connectivity index (χ3n) is 4.32. The minimum Gasteiger partial charge on any atom is -0.466 e. The van der Waals surface area contributed by atoms with E-state index in [1.165, 1.54) is 0 Å². The Balaban J connectivity index is 2.76. The molecule has 0 fully saturated rings. The first kappa shape index (κ1) is 23.2. The van der Waals surface area contributed by atoms with Crippen LogP contribution in [0.1, 0.15) is 39.7 Å². The average Bonchev–Trinajstić information content (AvgIpc) is 2.64. The molecule has 1 amide bonds. The Kier molecular flexibility index (Phi) is 9.53. The van der Waals surface area contributed by atoms with E-state index in [1.54, 1.807) is 20.8 Å². The van der Waals surface area contributed by atoms with Crippen molar-refractivity contribution in [2.45, 2.75) is 46.5 Å². The number of ether oxygens (including phenoxy) is 2. The summed E-state index contributed by atoms with van der Waals surface area (Å²) in [5.74, 6) is -2.53. The molecule has 1 rings (SSSR count). The molecule has 1 aromatic carbocycles. The summed E-state index contributed by atoms with van der Waals surface area (Å²) in [5, 5.41) is 2.53. The normalized spacial score (nSPS) is 16.5. The van der Waals surface area contributed by atoms with Gasteiger partial charge in [0, 0.05) is 6.16 Å². The van der Waals surface area contributed by atoms with Gasteiger partial charge in [0.1, 0.15) is 12.4 Å². The fraction of sp³-hybridized carbons (Fsp3) is 0.579. The number of carbonyl (C=O) groups excluding carboxylic acids is 2. The summed E-state index contributed by atoms with van der Waals surface area (Å²) in [6.45, 7) is 7.13. The largest absolute Gasteiger partial charge is 0.466 e. The summed E-state index contributed by atoms with van der Waals surface area (Å²) in [6, 6.07) is 9.15. The van der Waals surface area contributed by atoms with Crippen molar-refractivity contribution < 1.29 is 28.5 Å². The molecule has 0 saturated carbocycles. The smallest absolute Gasteiger partial charge is 0.408 e. The van der Waals surface area contributed by atoms with Gasteiger partial charge in [-0.15, -0.1) is 0 Å². The fourth-order valence-electron chi connectivity index (χ4n) is 2.61. The molecule has 7 nitrogen and oxygen atoms in total. The van der Waals surface area contributed by atoms with E-state index < -0.39 is 31.1 Å². The van der Waals surface area contributed by atoms with Crippen LogP contribution in [0.15, 0.2) is 30.3 Å². The molecule has 152 valence electrons. The first-order chi connectivity index (χ1) is 12.7. The van der Waals surface area contributed by atoms with Gasteiger partial charge in [0.2, 0.25) is 7.37 Å². The van der Waals surface area contributed by atoms with Crippen LogP contribution in [0.25, 0.3) is 0 Å². The quantitative estimate of drug-likeness (QED) is 0.459. The van der Waals surface area contributed by atoms with Gasteiger partial charge in [-0.2, -0.15) is 0 Å². The third kappa shape index (κ3) is 7.73. The van der Waals surface area contributed by atoms with E-state index in [2.05, 4.69) is 5.32 Å². The molecular formula is C19H30NO6P. The highest BCUT2D eigenvalue weighted by Crippen LogP contribution is 2.50. The lowest BCUT2D eigenvalue weighted by molar-refractivity contribution is -0.146. The van der Waals surface area contributed by atoms with E-state index in [0.717, 1.165) is 5.56 Å². The number of benzene rings is 1. The zero-order chi connectivity index (χ0) is 20.4. The van der Waals surface area contributed by atoms with Crippen molar-refractivity contribution in [1.29, 1.82) is 0 Å². The summed E-state index contributed by atoms with van der Waals surface area (Å²) < 4.78 is 23.0. The molecule has 0 saturated heterocycles. The van der Waals surface area contributed by atoms with Crippen LogP contribution < -0.4 is 5.32 Å². The molecule has 4 unspecified atom stereocenters. The van der Waals surface area contributed by atoms with Crippen molar-refractivity contribution in [2.24, 2.45) is 11.8 Å². The second-order valence-corrected chi connectivity index (χ2v) is 9.06. The van der Waals surface area contributed by atoms with Crippen molar-refractivity contribution in [3.8, 4) is 0 Å². The Labute approximate surface area is 160 Å². The third-order valence-corrected chi connectivity index (χ3v) is 6.90. The zero-order valence-corrected chi connectivity index (χ0v) is 17.3. The average molecular weight is 399 g/mol. The number of nitrogens with one attached hydrogen (secondary N) is 1. The monoisotopic (exact) mass is 399 g/mol. The van der Waals surface area contributed by atoms with Crippen molar-refractivity contribution in [3.05, 3.63) is 35.9 Å². The van der Waals surface area contributed by atoms with Gasteiger partial charge < -0.3 is 19.7 Å². The van der Waals surface area contributed by atoms with Gasteiger partial charge in [-0.05, 0) is 18.4 Å². The number of amides is 1. The second kappa shape index (κ2) is 11.1. The van der Waals surface area contributed by atoms with Crippen LogP contribution in [0.2, 0.25) is 0 Å². The number of hydrogen-bond donors (Lipinski definition) is 2. The summed E-state index contributed by atoms with van der Waals surface area (Å²) >= 11 is 0. The molecule has 0 aliphatic rings. The first-order valence-electron chi connectivity index (χ1n) is 9.16. The maximum atomic E-state index is 12.9. The van der Waals surface area contributed by atoms with Gasteiger partial charge in [0.15, 0.2) is 0 Å². The van der Waals surface area contributed by atoms with Crippen LogP contribution in [0.5, 0.6) is 0 Å². The molecule has 27 heavy (non-hydrogen) atoms. The van der Waals surface area contributed by atoms with Gasteiger partial charge >= 0.3 is 12.1 Å². The van der Waals surface area contributed by atoms with Crippen LogP contribution in [0.3, 0.4) is 0 Å². The Morgan fingerprint density at radius 1 is 1.15 bits per heavy atom. The molecule has 0 aromatic heterocycles. The molecule has 1 aromatic rings. The highest BCUT2D eigenvalue weighted by molar-refractivity contribution is 7.58. The van der Waals surface area contributed by atoms with Crippen LogP contribution >= 0.6 is 7.37 Å². The van der Waals surface area contributed by atoms with Gasteiger partial charge in [0.25, 0.3) is 0 Å². The summed E-state index contributed by atoms with van der Waals surface area (Å²) in [4.78, 5) is 34.5. The van der Waals surface area contributed by atoms with Crippen LogP contribution in [-0.2, 0) is 25.4 Å². The lowest BCUT2D eigenvalue weighted by atomic mass is 10.1. The number of alkyl carbamates (subject to hydrolysis) is 1. The number of hydrogen-bond acceptors (Lipinski definition) is 5. The molecule has 0 bridgehead atoms. The van der Waals surface area contributed by atoms with Crippen molar-refractivity contribution in [1.82, 2.24) is 5.32 Å². The lowest BCUT2D eigenvalue weighted by Crippen LogP contribution is -2.40. The van der Waals surface area contributed by atoms with Crippen molar-refractivity contribution in [2.75, 3.05) is 12.8 Å². The van der Waals surface area contributed by atoms with E-state index in [4.69, 9.17) is 9.47 Å². The van der Waals surface area contributed by atoms with E-state index >= 15 is 0 Å². The van der Waals surface area contributed by atoms with E-state index in [0.29, 0.717) is 6.42 Å². The van der Waals surface area contributed by atoms with Gasteiger partial charge in [-0.25, -0.2) is 4.79 Å². The predicted molar refractivity (Wildman–Crippen MR) is 103 cm³/mol. The maximum Gasteiger partial charge on any atom is 0.408 e. The SMILES string of the molecule is CCOC(=O)C(C)CP(=O)(O)C(NC(=O)OCc1ccccc1)C(C)CC. The Bertz CT molecular complexity index is 651. The molecule has 0 spiro atoms. The number of esters is 1. The lowest BCUT2D eigenvalue weighted by Gasteiger charge is -2.29.